The summed E-state index contributed by atoms with van der Waals surface area (Å²) in [5, 5.41) is 0.950. The van der Waals surface area contributed by atoms with Crippen molar-refractivity contribution in [2.45, 2.75) is 32.5 Å². The number of alkyl halides is 3. The third-order valence-electron chi connectivity index (χ3n) is 5.39. The molecule has 0 saturated carbocycles. The molecule has 1 aliphatic heterocycles. The van der Waals surface area contributed by atoms with Crippen LogP contribution in [0.1, 0.15) is 34.8 Å². The van der Waals surface area contributed by atoms with Crippen LogP contribution in [0, 0.1) is 12.7 Å². The van der Waals surface area contributed by atoms with Gasteiger partial charge in [0.25, 0.3) is 5.91 Å². The normalized spacial score (nSPS) is 17.0. The topological polar surface area (TPSA) is 74.5 Å². The minimum atomic E-state index is -4.68. The number of benzene rings is 1. The Balaban J connectivity index is 1.93. The largest absolute Gasteiger partial charge is 0.417 e. The molecule has 0 aliphatic carbocycles. The number of anilines is 1. The third kappa shape index (κ3) is 4.37. The van der Waals surface area contributed by atoms with E-state index < -0.39 is 34.5 Å². The van der Waals surface area contributed by atoms with E-state index in [9.17, 15) is 22.4 Å². The van der Waals surface area contributed by atoms with Crippen LogP contribution in [0.2, 0.25) is 5.02 Å². The lowest BCUT2D eigenvalue weighted by atomic mass is 10.0. The number of pyridine rings is 1. The number of nitrogens with zero attached hydrogens (tertiary/aromatic N) is 3. The fourth-order valence-electron chi connectivity index (χ4n) is 3.60. The SMILES string of the molecule is CNN(C1=C(N)[C@H](C)N(C(=O)c2cccc(C(F)(F)F)c2Cl)CC1)c1cc(C)c(F)cn1. The molecule has 1 atom stereocenters. The van der Waals surface area contributed by atoms with Crippen molar-refractivity contribution in [3.8, 4) is 0 Å². The zero-order chi connectivity index (χ0) is 23.8. The van der Waals surface area contributed by atoms with Crippen LogP contribution >= 0.6 is 11.6 Å². The predicted molar refractivity (Wildman–Crippen MR) is 113 cm³/mol. The highest BCUT2D eigenvalue weighted by Gasteiger charge is 2.37. The summed E-state index contributed by atoms with van der Waals surface area (Å²) < 4.78 is 53.2. The van der Waals surface area contributed by atoms with Gasteiger partial charge in [0.2, 0.25) is 0 Å². The molecule has 3 rings (SSSR count). The molecule has 1 aliphatic rings. The van der Waals surface area contributed by atoms with Crippen LogP contribution in [0.3, 0.4) is 0 Å². The Hall–Kier alpha value is -2.85. The fourth-order valence-corrected chi connectivity index (χ4v) is 3.91. The van der Waals surface area contributed by atoms with Gasteiger partial charge in [-0.2, -0.15) is 13.2 Å². The van der Waals surface area contributed by atoms with E-state index in [2.05, 4.69) is 10.4 Å². The number of aryl methyl sites for hydroxylation is 1. The fraction of sp³-hybridized carbons (Fsp3) is 0.333. The number of amides is 1. The van der Waals surface area contributed by atoms with Gasteiger partial charge in [-0.3, -0.25) is 9.80 Å². The lowest BCUT2D eigenvalue weighted by Crippen LogP contribution is -2.49. The quantitative estimate of drug-likeness (QED) is 0.515. The molecular weight excluding hydrogens is 450 g/mol. The number of nitrogens with two attached hydrogens (primary N) is 1. The summed E-state index contributed by atoms with van der Waals surface area (Å²) in [5.41, 5.74) is 9.32. The highest BCUT2D eigenvalue weighted by atomic mass is 35.5. The van der Waals surface area contributed by atoms with Crippen molar-refractivity contribution in [1.82, 2.24) is 15.3 Å². The van der Waals surface area contributed by atoms with E-state index in [0.717, 1.165) is 18.3 Å². The van der Waals surface area contributed by atoms with Gasteiger partial charge in [0, 0.05) is 20.0 Å². The average molecular weight is 472 g/mol. The van der Waals surface area contributed by atoms with Crippen LogP contribution in [-0.4, -0.2) is 35.4 Å². The smallest absolute Gasteiger partial charge is 0.399 e. The predicted octanol–water partition coefficient (Wildman–Crippen LogP) is 4.25. The molecular formula is C21H22ClF4N5O. The first kappa shape index (κ1) is 23.8. The molecule has 2 heterocycles. The molecule has 3 N–H and O–H groups in total. The molecule has 1 aromatic carbocycles. The Morgan fingerprint density at radius 2 is 2.06 bits per heavy atom. The number of hydrogen-bond donors (Lipinski definition) is 2. The summed E-state index contributed by atoms with van der Waals surface area (Å²) in [6.45, 7) is 3.46. The number of halogens is 5. The minimum Gasteiger partial charge on any atom is -0.399 e. The maximum Gasteiger partial charge on any atom is 0.417 e. The Morgan fingerprint density at radius 3 is 2.66 bits per heavy atom. The van der Waals surface area contributed by atoms with Crippen LogP contribution in [0.5, 0.6) is 0 Å². The van der Waals surface area contributed by atoms with Crippen molar-refractivity contribution in [3.63, 3.8) is 0 Å². The molecule has 0 unspecified atom stereocenters. The van der Waals surface area contributed by atoms with Crippen LogP contribution in [0.25, 0.3) is 0 Å². The molecule has 0 fully saturated rings. The van der Waals surface area contributed by atoms with E-state index in [-0.39, 0.29) is 18.5 Å². The number of nitrogens with one attached hydrogen (secondary N) is 1. The number of aromatic nitrogens is 1. The number of hydrazine groups is 1. The molecule has 0 bridgehead atoms. The van der Waals surface area contributed by atoms with Crippen molar-refractivity contribution in [1.29, 1.82) is 0 Å². The Labute approximate surface area is 187 Å². The van der Waals surface area contributed by atoms with Crippen molar-refractivity contribution >= 4 is 23.3 Å². The maximum atomic E-state index is 13.6. The molecule has 0 spiro atoms. The van der Waals surface area contributed by atoms with E-state index in [4.69, 9.17) is 17.3 Å². The first-order valence-corrected chi connectivity index (χ1v) is 10.1. The monoisotopic (exact) mass is 471 g/mol. The Bertz CT molecular complexity index is 1070. The minimum absolute atomic E-state index is 0.182. The van der Waals surface area contributed by atoms with E-state index >= 15 is 0 Å². The summed E-state index contributed by atoms with van der Waals surface area (Å²) in [6.07, 6.45) is -3.29. The van der Waals surface area contributed by atoms with Gasteiger partial charge in [-0.25, -0.2) is 14.8 Å². The lowest BCUT2D eigenvalue weighted by molar-refractivity contribution is -0.137. The highest BCUT2D eigenvalue weighted by Crippen LogP contribution is 2.37. The number of hydrogen-bond acceptors (Lipinski definition) is 5. The second-order valence-electron chi connectivity index (χ2n) is 7.34. The molecule has 0 saturated heterocycles. The van der Waals surface area contributed by atoms with Crippen LogP contribution < -0.4 is 16.2 Å². The molecule has 172 valence electrons. The number of rotatable bonds is 4. The van der Waals surface area contributed by atoms with E-state index in [0.29, 0.717) is 22.8 Å². The molecule has 0 radical (unpaired) electrons. The Morgan fingerprint density at radius 1 is 1.38 bits per heavy atom. The van der Waals surface area contributed by atoms with Gasteiger partial charge in [0.05, 0.1) is 39.8 Å². The first-order valence-electron chi connectivity index (χ1n) is 9.72. The van der Waals surface area contributed by atoms with E-state index in [1.54, 1.807) is 32.0 Å². The van der Waals surface area contributed by atoms with Gasteiger partial charge in [-0.15, -0.1) is 0 Å². The van der Waals surface area contributed by atoms with Gasteiger partial charge >= 0.3 is 6.18 Å². The molecule has 2 aromatic rings. The van der Waals surface area contributed by atoms with Crippen molar-refractivity contribution in [2.75, 3.05) is 18.6 Å². The molecule has 11 heteroatoms. The summed E-state index contributed by atoms with van der Waals surface area (Å²) in [5.74, 6) is -0.682. The van der Waals surface area contributed by atoms with E-state index in [1.807, 2.05) is 0 Å². The summed E-state index contributed by atoms with van der Waals surface area (Å²) >= 11 is 5.93. The second-order valence-corrected chi connectivity index (χ2v) is 7.72. The zero-order valence-corrected chi connectivity index (χ0v) is 18.4. The van der Waals surface area contributed by atoms with E-state index in [1.165, 1.54) is 11.0 Å². The van der Waals surface area contributed by atoms with Crippen LogP contribution in [0.4, 0.5) is 23.4 Å². The lowest BCUT2D eigenvalue weighted by Gasteiger charge is -2.39. The van der Waals surface area contributed by atoms with Gasteiger partial charge in [-0.05, 0) is 37.6 Å². The van der Waals surface area contributed by atoms with Gasteiger partial charge in [0.1, 0.15) is 11.6 Å². The van der Waals surface area contributed by atoms with Crippen LogP contribution in [0.15, 0.2) is 41.9 Å². The highest BCUT2D eigenvalue weighted by molar-refractivity contribution is 6.34. The average Bonchev–Trinajstić information content (AvgIpc) is 2.73. The Kier molecular flexibility index (Phi) is 6.66. The molecule has 6 nitrogen and oxygen atoms in total. The molecule has 1 amide bonds. The second kappa shape index (κ2) is 8.95. The number of carbonyl (C=O) groups is 1. The first-order chi connectivity index (χ1) is 15.0. The van der Waals surface area contributed by atoms with Gasteiger partial charge < -0.3 is 10.6 Å². The summed E-state index contributed by atoms with van der Waals surface area (Å²) in [7, 11) is 1.64. The summed E-state index contributed by atoms with van der Waals surface area (Å²) in [6, 6.07) is 4.15. The van der Waals surface area contributed by atoms with Crippen molar-refractivity contribution in [3.05, 3.63) is 69.4 Å². The zero-order valence-electron chi connectivity index (χ0n) is 17.6. The number of carbonyl (C=O) groups excluding carboxylic acids is 1. The molecule has 1 aromatic heterocycles. The van der Waals surface area contributed by atoms with Gasteiger partial charge in [0.15, 0.2) is 0 Å². The molecule has 32 heavy (non-hydrogen) atoms. The van der Waals surface area contributed by atoms with Crippen LogP contribution in [-0.2, 0) is 6.18 Å². The maximum absolute atomic E-state index is 13.6. The standard InChI is InChI=1S/C21H22ClF4N5O/c1-11-9-17(29-10-15(11)23)31(28-3)16-7-8-30(12(2)19(16)27)20(32)13-5-4-6-14(18(13)22)21(24,25)26/h4-6,9-10,12,28H,7-8,27H2,1-3H3/t12-/m0/s1. The van der Waals surface area contributed by atoms with Crippen molar-refractivity contribution in [2.24, 2.45) is 5.73 Å². The van der Waals surface area contributed by atoms with Crippen molar-refractivity contribution < 1.29 is 22.4 Å². The van der Waals surface area contributed by atoms with Gasteiger partial charge in [-0.1, -0.05) is 17.7 Å². The third-order valence-corrected chi connectivity index (χ3v) is 5.80. The summed E-state index contributed by atoms with van der Waals surface area (Å²) in [4.78, 5) is 18.5.